The van der Waals surface area contributed by atoms with E-state index in [0.717, 1.165) is 18.5 Å². The van der Waals surface area contributed by atoms with Crippen molar-refractivity contribution in [2.45, 2.75) is 72.6 Å². The first-order valence-corrected chi connectivity index (χ1v) is 8.09. The Labute approximate surface area is 130 Å². The Hall–Kier alpha value is -1.31. The van der Waals surface area contributed by atoms with Crippen LogP contribution in [0.4, 0.5) is 5.69 Å². The highest BCUT2D eigenvalue weighted by Gasteiger charge is 2.27. The molecule has 0 aliphatic heterocycles. The van der Waals surface area contributed by atoms with E-state index in [-0.39, 0.29) is 16.7 Å². The summed E-state index contributed by atoms with van der Waals surface area (Å²) >= 11 is 0. The Morgan fingerprint density at radius 1 is 1.10 bits per heavy atom. The van der Waals surface area contributed by atoms with Gasteiger partial charge in [-0.05, 0) is 29.5 Å². The van der Waals surface area contributed by atoms with Gasteiger partial charge in [0.25, 0.3) is 0 Å². The Balaban J connectivity index is 2.74. The van der Waals surface area contributed by atoms with Crippen molar-refractivity contribution in [2.24, 2.45) is 5.41 Å². The third kappa shape index (κ3) is 5.53. The van der Waals surface area contributed by atoms with Gasteiger partial charge in [0, 0.05) is 11.1 Å². The fourth-order valence-electron chi connectivity index (χ4n) is 2.29. The molecule has 0 fully saturated rings. The van der Waals surface area contributed by atoms with Gasteiger partial charge in [0.05, 0.1) is 0 Å². The van der Waals surface area contributed by atoms with Gasteiger partial charge in [-0.3, -0.25) is 4.79 Å². The van der Waals surface area contributed by atoms with E-state index in [1.54, 1.807) is 0 Å². The van der Waals surface area contributed by atoms with Crippen molar-refractivity contribution in [3.05, 3.63) is 29.8 Å². The third-order valence-electron chi connectivity index (χ3n) is 4.01. The summed E-state index contributed by atoms with van der Waals surface area (Å²) < 4.78 is 0. The van der Waals surface area contributed by atoms with Crippen LogP contribution in [-0.4, -0.2) is 5.91 Å². The summed E-state index contributed by atoms with van der Waals surface area (Å²) in [4.78, 5) is 12.5. The maximum absolute atomic E-state index is 12.5. The van der Waals surface area contributed by atoms with Crippen LogP contribution in [0, 0.1) is 5.41 Å². The van der Waals surface area contributed by atoms with Gasteiger partial charge in [0.1, 0.15) is 0 Å². The minimum Gasteiger partial charge on any atom is -0.326 e. The summed E-state index contributed by atoms with van der Waals surface area (Å²) in [5.41, 5.74) is 1.92. The van der Waals surface area contributed by atoms with Crippen molar-refractivity contribution in [2.75, 3.05) is 5.32 Å². The number of benzene rings is 1. The lowest BCUT2D eigenvalue weighted by Gasteiger charge is -2.24. The van der Waals surface area contributed by atoms with Crippen molar-refractivity contribution >= 4 is 11.6 Å². The van der Waals surface area contributed by atoms with Crippen LogP contribution in [0.1, 0.15) is 72.8 Å². The first-order valence-electron chi connectivity index (χ1n) is 8.09. The Morgan fingerprint density at radius 2 is 1.76 bits per heavy atom. The van der Waals surface area contributed by atoms with Crippen LogP contribution in [0.5, 0.6) is 0 Å². The quantitative estimate of drug-likeness (QED) is 0.685. The largest absolute Gasteiger partial charge is 0.326 e. The molecule has 2 heteroatoms. The molecule has 0 saturated carbocycles. The fourth-order valence-corrected chi connectivity index (χ4v) is 2.29. The second-order valence-electron chi connectivity index (χ2n) is 7.63. The van der Waals surface area contributed by atoms with E-state index in [2.05, 4.69) is 45.1 Å². The van der Waals surface area contributed by atoms with Gasteiger partial charge in [0.15, 0.2) is 0 Å². The molecule has 0 unspecified atom stereocenters. The molecule has 0 saturated heterocycles. The molecule has 0 bridgehead atoms. The highest BCUT2D eigenvalue weighted by molar-refractivity contribution is 5.94. The molecule has 0 spiro atoms. The maximum atomic E-state index is 12.5. The van der Waals surface area contributed by atoms with Crippen LogP contribution < -0.4 is 5.32 Å². The molecule has 1 N–H and O–H groups in total. The van der Waals surface area contributed by atoms with E-state index in [1.165, 1.54) is 18.4 Å². The molecule has 1 aromatic rings. The number of carbonyl (C=O) groups is 1. The van der Waals surface area contributed by atoms with E-state index < -0.39 is 0 Å². The van der Waals surface area contributed by atoms with E-state index in [4.69, 9.17) is 0 Å². The van der Waals surface area contributed by atoms with Gasteiger partial charge in [-0.15, -0.1) is 0 Å². The second kappa shape index (κ2) is 7.11. The second-order valence-corrected chi connectivity index (χ2v) is 7.63. The molecule has 0 heterocycles. The first-order chi connectivity index (χ1) is 9.66. The van der Waals surface area contributed by atoms with Crippen LogP contribution >= 0.6 is 0 Å². The average molecular weight is 289 g/mol. The number of hydrogen-bond acceptors (Lipinski definition) is 1. The number of carbonyl (C=O) groups excluding carboxylic acids is 1. The lowest BCUT2D eigenvalue weighted by molar-refractivity contribution is -0.124. The summed E-state index contributed by atoms with van der Waals surface area (Å²) in [6.07, 6.45) is 4.42. The van der Waals surface area contributed by atoms with Crippen LogP contribution in [0.15, 0.2) is 24.3 Å². The zero-order chi connectivity index (χ0) is 16.1. The molecule has 1 amide bonds. The van der Waals surface area contributed by atoms with Crippen LogP contribution in [0.2, 0.25) is 0 Å². The molecular weight excluding hydrogens is 258 g/mol. The number of anilines is 1. The van der Waals surface area contributed by atoms with Crippen molar-refractivity contribution in [1.82, 2.24) is 0 Å². The minimum absolute atomic E-state index is 0.0946. The number of unbranched alkanes of at least 4 members (excludes halogenated alkanes) is 2. The van der Waals surface area contributed by atoms with Crippen molar-refractivity contribution in [3.63, 3.8) is 0 Å². The SMILES string of the molecule is CCCCCC(C)(C)C(=O)Nc1cccc(C(C)(C)C)c1. The zero-order valence-corrected chi connectivity index (χ0v) is 14.5. The zero-order valence-electron chi connectivity index (χ0n) is 14.5. The van der Waals surface area contributed by atoms with E-state index in [0.29, 0.717) is 0 Å². The summed E-state index contributed by atoms with van der Waals surface area (Å²) in [6.45, 7) is 12.8. The molecule has 21 heavy (non-hydrogen) atoms. The van der Waals surface area contributed by atoms with Gasteiger partial charge in [0.2, 0.25) is 5.91 Å². The molecule has 118 valence electrons. The van der Waals surface area contributed by atoms with E-state index >= 15 is 0 Å². The predicted octanol–water partition coefficient (Wildman–Crippen LogP) is 5.53. The maximum Gasteiger partial charge on any atom is 0.230 e. The van der Waals surface area contributed by atoms with Crippen LogP contribution in [0.25, 0.3) is 0 Å². The van der Waals surface area contributed by atoms with Gasteiger partial charge in [-0.2, -0.15) is 0 Å². The molecule has 0 atom stereocenters. The Morgan fingerprint density at radius 3 is 2.33 bits per heavy atom. The molecule has 0 radical (unpaired) electrons. The number of nitrogens with one attached hydrogen (secondary N) is 1. The highest BCUT2D eigenvalue weighted by Crippen LogP contribution is 2.28. The van der Waals surface area contributed by atoms with Crippen molar-refractivity contribution in [3.8, 4) is 0 Å². The standard InChI is InChI=1S/C19H31NO/c1-7-8-9-13-19(5,6)17(21)20-16-12-10-11-15(14-16)18(2,3)4/h10-12,14H,7-9,13H2,1-6H3,(H,20,21). The number of hydrogen-bond donors (Lipinski definition) is 1. The Kier molecular flexibility index (Phi) is 6.00. The summed E-state index contributed by atoms with van der Waals surface area (Å²) in [5, 5.41) is 3.08. The van der Waals surface area contributed by atoms with Crippen LogP contribution in [0.3, 0.4) is 0 Å². The number of amides is 1. The smallest absolute Gasteiger partial charge is 0.230 e. The summed E-state index contributed by atoms with van der Waals surface area (Å²) in [7, 11) is 0. The normalized spacial score (nSPS) is 12.3. The summed E-state index contributed by atoms with van der Waals surface area (Å²) in [5.74, 6) is 0.115. The molecule has 0 aliphatic carbocycles. The van der Waals surface area contributed by atoms with Crippen molar-refractivity contribution in [1.29, 1.82) is 0 Å². The lowest BCUT2D eigenvalue weighted by atomic mass is 9.85. The molecule has 2 nitrogen and oxygen atoms in total. The molecule has 1 aromatic carbocycles. The summed E-state index contributed by atoms with van der Waals surface area (Å²) in [6, 6.07) is 8.18. The van der Waals surface area contributed by atoms with Gasteiger partial charge < -0.3 is 5.32 Å². The van der Waals surface area contributed by atoms with Gasteiger partial charge >= 0.3 is 0 Å². The Bertz CT molecular complexity index is 469. The topological polar surface area (TPSA) is 29.1 Å². The highest BCUT2D eigenvalue weighted by atomic mass is 16.2. The minimum atomic E-state index is -0.313. The lowest BCUT2D eigenvalue weighted by Crippen LogP contribution is -2.30. The van der Waals surface area contributed by atoms with E-state index in [9.17, 15) is 4.79 Å². The molecule has 0 aliphatic rings. The first kappa shape index (κ1) is 17.7. The fraction of sp³-hybridized carbons (Fsp3) is 0.632. The molecular formula is C19H31NO. The van der Waals surface area contributed by atoms with Gasteiger partial charge in [-0.25, -0.2) is 0 Å². The predicted molar refractivity (Wildman–Crippen MR) is 91.7 cm³/mol. The molecule has 1 rings (SSSR count). The van der Waals surface area contributed by atoms with E-state index in [1.807, 2.05) is 26.0 Å². The monoisotopic (exact) mass is 289 g/mol. The van der Waals surface area contributed by atoms with Gasteiger partial charge in [-0.1, -0.05) is 72.9 Å². The van der Waals surface area contributed by atoms with Crippen molar-refractivity contribution < 1.29 is 4.79 Å². The number of rotatable bonds is 6. The average Bonchev–Trinajstić information content (AvgIpc) is 2.38. The van der Waals surface area contributed by atoms with Crippen LogP contribution in [-0.2, 0) is 10.2 Å². The third-order valence-corrected chi connectivity index (χ3v) is 4.01. The molecule has 0 aromatic heterocycles.